The third-order valence-corrected chi connectivity index (χ3v) is 4.68. The molecule has 2 rings (SSSR count). The van der Waals surface area contributed by atoms with Crippen LogP contribution in [0.15, 0.2) is 6.07 Å². The van der Waals surface area contributed by atoms with E-state index in [0.29, 0.717) is 30.8 Å². The molecule has 0 saturated carbocycles. The van der Waals surface area contributed by atoms with Crippen molar-refractivity contribution in [2.24, 2.45) is 0 Å². The number of rotatable bonds is 1. The summed E-state index contributed by atoms with van der Waals surface area (Å²) in [5.41, 5.74) is 0.309. The molecule has 0 aliphatic carbocycles. The number of hydrogen-bond acceptors (Lipinski definition) is 4. The van der Waals surface area contributed by atoms with Crippen molar-refractivity contribution in [2.75, 3.05) is 19.7 Å². The summed E-state index contributed by atoms with van der Waals surface area (Å²) in [4.78, 5) is 15.7. The highest BCUT2D eigenvalue weighted by Gasteiger charge is 2.30. The van der Waals surface area contributed by atoms with Crippen molar-refractivity contribution >= 4 is 17.2 Å². The van der Waals surface area contributed by atoms with Gasteiger partial charge in [-0.25, -0.2) is 0 Å². The fourth-order valence-electron chi connectivity index (χ4n) is 2.18. The largest absolute Gasteiger partial charge is 0.390 e. The number of carbonyl (C=O) groups is 1. The van der Waals surface area contributed by atoms with Crippen molar-refractivity contribution in [3.05, 3.63) is 21.4 Å². The van der Waals surface area contributed by atoms with Crippen LogP contribution in [0.1, 0.15) is 39.9 Å². The second kappa shape index (κ2) is 5.96. The summed E-state index contributed by atoms with van der Waals surface area (Å²) in [5.74, 6) is 5.47. The second-order valence-corrected chi connectivity index (χ2v) is 6.42. The first-order chi connectivity index (χ1) is 9.43. The molecule has 20 heavy (non-hydrogen) atoms. The van der Waals surface area contributed by atoms with Crippen LogP contribution in [0.4, 0.5) is 0 Å². The van der Waals surface area contributed by atoms with E-state index in [1.807, 2.05) is 19.9 Å². The maximum atomic E-state index is 12.4. The van der Waals surface area contributed by atoms with Crippen LogP contribution >= 0.6 is 11.3 Å². The lowest BCUT2D eigenvalue weighted by atomic mass is 9.94. The Bertz CT molecular complexity index is 555. The van der Waals surface area contributed by atoms with E-state index in [1.54, 1.807) is 4.90 Å². The number of aliphatic hydroxyl groups is 2. The monoisotopic (exact) mass is 293 g/mol. The number of aryl methyl sites for hydroxylation is 1. The van der Waals surface area contributed by atoms with Gasteiger partial charge in [0, 0.05) is 13.1 Å². The summed E-state index contributed by atoms with van der Waals surface area (Å²) in [6.45, 7) is 4.71. The summed E-state index contributed by atoms with van der Waals surface area (Å²) >= 11 is 1.36. The van der Waals surface area contributed by atoms with Gasteiger partial charge in [-0.3, -0.25) is 4.79 Å². The van der Waals surface area contributed by atoms with Gasteiger partial charge in [-0.15, -0.1) is 11.3 Å². The minimum atomic E-state index is -0.653. The smallest absolute Gasteiger partial charge is 0.263 e. The van der Waals surface area contributed by atoms with Gasteiger partial charge in [0.05, 0.1) is 15.4 Å². The molecule has 0 atom stereocenters. The maximum absolute atomic E-state index is 12.4. The summed E-state index contributed by atoms with van der Waals surface area (Å²) < 4.78 is 0. The molecule has 1 aromatic heterocycles. The highest BCUT2D eigenvalue weighted by atomic mass is 32.1. The molecule has 1 aromatic rings. The van der Waals surface area contributed by atoms with Crippen LogP contribution in [0.3, 0.4) is 0 Å². The third-order valence-electron chi connectivity index (χ3n) is 3.54. The number of carbonyl (C=O) groups excluding carboxylic acids is 1. The van der Waals surface area contributed by atoms with Crippen molar-refractivity contribution in [1.82, 2.24) is 4.90 Å². The third kappa shape index (κ3) is 3.40. The molecule has 1 amide bonds. The molecule has 1 fully saturated rings. The Morgan fingerprint density at radius 3 is 2.75 bits per heavy atom. The summed E-state index contributed by atoms with van der Waals surface area (Å²) in [6.07, 6.45) is 1.22. The Kier molecular flexibility index (Phi) is 4.48. The average molecular weight is 293 g/mol. The molecular formula is C15H19NO3S. The molecular weight excluding hydrogens is 274 g/mol. The predicted molar refractivity (Wildman–Crippen MR) is 78.8 cm³/mol. The van der Waals surface area contributed by atoms with Crippen molar-refractivity contribution in [1.29, 1.82) is 0 Å². The summed E-state index contributed by atoms with van der Waals surface area (Å²) in [5, 5.41) is 18.6. The Morgan fingerprint density at radius 1 is 1.50 bits per heavy atom. The highest BCUT2D eigenvalue weighted by Crippen LogP contribution is 2.26. The van der Waals surface area contributed by atoms with Crippen LogP contribution in [-0.4, -0.2) is 46.3 Å². The fourth-order valence-corrected chi connectivity index (χ4v) is 3.19. The molecule has 4 nitrogen and oxygen atoms in total. The molecule has 2 N–H and O–H groups in total. The standard InChI is InChI=1S/C15H19NO3S/c1-11-10-13(20-12(11)4-3-9-17)14(18)16-7-5-15(2,19)6-8-16/h10,17,19H,5-9H2,1-2H3. The van der Waals surface area contributed by atoms with E-state index < -0.39 is 5.60 Å². The second-order valence-electron chi connectivity index (χ2n) is 5.37. The Labute approximate surface area is 123 Å². The van der Waals surface area contributed by atoms with Crippen LogP contribution in [0, 0.1) is 18.8 Å². The van der Waals surface area contributed by atoms with Gasteiger partial charge in [-0.05, 0) is 38.3 Å². The van der Waals surface area contributed by atoms with Crippen molar-refractivity contribution < 1.29 is 15.0 Å². The normalized spacial score (nSPS) is 17.5. The van der Waals surface area contributed by atoms with Crippen LogP contribution in [0.25, 0.3) is 0 Å². The number of hydrogen-bond donors (Lipinski definition) is 2. The Morgan fingerprint density at radius 2 is 2.15 bits per heavy atom. The topological polar surface area (TPSA) is 60.8 Å². The van der Waals surface area contributed by atoms with E-state index in [-0.39, 0.29) is 12.5 Å². The lowest BCUT2D eigenvalue weighted by Crippen LogP contribution is -2.44. The first-order valence-electron chi connectivity index (χ1n) is 6.65. The molecule has 1 aliphatic rings. The number of likely N-dealkylation sites (tertiary alicyclic amines) is 1. The molecule has 108 valence electrons. The van der Waals surface area contributed by atoms with Gasteiger partial charge in [-0.2, -0.15) is 0 Å². The number of nitrogens with zero attached hydrogens (tertiary/aromatic N) is 1. The quantitative estimate of drug-likeness (QED) is 0.769. The Balaban J connectivity index is 2.10. The number of aliphatic hydroxyl groups excluding tert-OH is 1. The molecule has 1 aliphatic heterocycles. The van der Waals surface area contributed by atoms with E-state index in [0.717, 1.165) is 10.4 Å². The van der Waals surface area contributed by atoms with Crippen molar-refractivity contribution in [2.45, 2.75) is 32.3 Å². The zero-order valence-corrected chi connectivity index (χ0v) is 12.6. The zero-order valence-electron chi connectivity index (χ0n) is 11.8. The van der Waals surface area contributed by atoms with Gasteiger partial charge in [0.2, 0.25) is 0 Å². The Hall–Kier alpha value is -1.35. The minimum Gasteiger partial charge on any atom is -0.390 e. The molecule has 2 heterocycles. The molecule has 0 spiro atoms. The zero-order chi connectivity index (χ0) is 14.8. The van der Waals surface area contributed by atoms with Crippen LogP contribution in [-0.2, 0) is 0 Å². The lowest BCUT2D eigenvalue weighted by molar-refractivity contribution is -0.00188. The molecule has 1 saturated heterocycles. The highest BCUT2D eigenvalue weighted by molar-refractivity contribution is 7.14. The van der Waals surface area contributed by atoms with Gasteiger partial charge in [0.15, 0.2) is 0 Å². The first-order valence-corrected chi connectivity index (χ1v) is 7.46. The van der Waals surface area contributed by atoms with E-state index in [2.05, 4.69) is 11.8 Å². The van der Waals surface area contributed by atoms with E-state index in [4.69, 9.17) is 5.11 Å². The molecule has 0 radical (unpaired) electrons. The van der Waals surface area contributed by atoms with Gasteiger partial charge in [0.25, 0.3) is 5.91 Å². The van der Waals surface area contributed by atoms with Gasteiger partial charge < -0.3 is 15.1 Å². The van der Waals surface area contributed by atoms with Gasteiger partial charge in [0.1, 0.15) is 6.61 Å². The van der Waals surface area contributed by atoms with Gasteiger partial charge >= 0.3 is 0 Å². The number of amides is 1. The maximum Gasteiger partial charge on any atom is 0.263 e. The first kappa shape index (κ1) is 15.0. The molecule has 0 bridgehead atoms. The fraction of sp³-hybridized carbons (Fsp3) is 0.533. The lowest BCUT2D eigenvalue weighted by Gasteiger charge is -2.35. The molecule has 0 aromatic carbocycles. The summed E-state index contributed by atoms with van der Waals surface area (Å²) in [7, 11) is 0. The van der Waals surface area contributed by atoms with Crippen molar-refractivity contribution in [3.63, 3.8) is 0 Å². The SMILES string of the molecule is Cc1cc(C(=O)N2CCC(C)(O)CC2)sc1C#CCO. The van der Waals surface area contributed by atoms with E-state index >= 15 is 0 Å². The predicted octanol–water partition coefficient (Wildman–Crippen LogP) is 1.39. The van der Waals surface area contributed by atoms with Crippen LogP contribution in [0.5, 0.6) is 0 Å². The number of piperidine rings is 1. The van der Waals surface area contributed by atoms with E-state index in [9.17, 15) is 9.90 Å². The van der Waals surface area contributed by atoms with Gasteiger partial charge in [-0.1, -0.05) is 11.8 Å². The van der Waals surface area contributed by atoms with Crippen LogP contribution < -0.4 is 0 Å². The summed E-state index contributed by atoms with van der Waals surface area (Å²) in [6, 6.07) is 1.85. The van der Waals surface area contributed by atoms with Crippen molar-refractivity contribution in [3.8, 4) is 11.8 Å². The van der Waals surface area contributed by atoms with Crippen LogP contribution in [0.2, 0.25) is 0 Å². The van der Waals surface area contributed by atoms with E-state index in [1.165, 1.54) is 11.3 Å². The minimum absolute atomic E-state index is 0.00523. The molecule has 0 unspecified atom stereocenters. The number of thiophene rings is 1. The molecule has 5 heteroatoms. The average Bonchev–Trinajstić information content (AvgIpc) is 2.77.